The molecule has 0 aliphatic carbocycles. The van der Waals surface area contributed by atoms with Gasteiger partial charge in [-0.25, -0.2) is 0 Å². The van der Waals surface area contributed by atoms with Gasteiger partial charge in [-0.2, -0.15) is 5.10 Å². The molecule has 1 aromatic heterocycles. The van der Waals surface area contributed by atoms with Gasteiger partial charge in [0.25, 0.3) is 0 Å². The molecule has 21 heavy (non-hydrogen) atoms. The Morgan fingerprint density at radius 1 is 1.19 bits per heavy atom. The van der Waals surface area contributed by atoms with Crippen LogP contribution in [0.3, 0.4) is 0 Å². The Morgan fingerprint density at radius 3 is 2.48 bits per heavy atom. The second-order valence-corrected chi connectivity index (χ2v) is 5.56. The Labute approximate surface area is 133 Å². The molecule has 0 spiro atoms. The van der Waals surface area contributed by atoms with Crippen LogP contribution >= 0.6 is 15.9 Å². The van der Waals surface area contributed by atoms with E-state index in [2.05, 4.69) is 26.3 Å². The van der Waals surface area contributed by atoms with Crippen molar-refractivity contribution >= 4 is 15.9 Å². The van der Waals surface area contributed by atoms with Gasteiger partial charge in [0.2, 0.25) is 0 Å². The van der Waals surface area contributed by atoms with Gasteiger partial charge in [-0.1, -0.05) is 6.07 Å². The molecule has 2 aromatic rings. The average molecular weight is 354 g/mol. The van der Waals surface area contributed by atoms with Crippen molar-refractivity contribution in [1.82, 2.24) is 15.1 Å². The lowest BCUT2D eigenvalue weighted by Gasteiger charge is -2.10. The molecule has 6 heteroatoms. The summed E-state index contributed by atoms with van der Waals surface area (Å²) in [6, 6.07) is 5.92. The fraction of sp³-hybridized carbons (Fsp3) is 0.400. The van der Waals surface area contributed by atoms with Crippen LogP contribution in [-0.4, -0.2) is 24.0 Å². The number of methoxy groups -OCH3 is 2. The molecule has 0 saturated carbocycles. The summed E-state index contributed by atoms with van der Waals surface area (Å²) in [6.07, 6.45) is 0. The maximum atomic E-state index is 5.31. The first kappa shape index (κ1) is 15.9. The zero-order valence-electron chi connectivity index (χ0n) is 12.7. The highest BCUT2D eigenvalue weighted by Gasteiger charge is 2.10. The summed E-state index contributed by atoms with van der Waals surface area (Å²) in [4.78, 5) is 0. The van der Waals surface area contributed by atoms with Crippen molar-refractivity contribution < 1.29 is 9.47 Å². The summed E-state index contributed by atoms with van der Waals surface area (Å²) in [5.41, 5.74) is 3.27. The molecular formula is C15H20BrN3O2. The zero-order valence-corrected chi connectivity index (χ0v) is 14.3. The van der Waals surface area contributed by atoms with E-state index >= 15 is 0 Å². The Hall–Kier alpha value is -1.53. The van der Waals surface area contributed by atoms with Crippen molar-refractivity contribution in [2.75, 3.05) is 14.2 Å². The van der Waals surface area contributed by atoms with Gasteiger partial charge in [0.1, 0.15) is 0 Å². The first-order chi connectivity index (χ1) is 10.1. The summed E-state index contributed by atoms with van der Waals surface area (Å²) in [5.74, 6) is 1.49. The van der Waals surface area contributed by atoms with Gasteiger partial charge < -0.3 is 14.8 Å². The fourth-order valence-corrected chi connectivity index (χ4v) is 2.66. The average Bonchev–Trinajstić information content (AvgIpc) is 2.73. The largest absolute Gasteiger partial charge is 0.493 e. The van der Waals surface area contributed by atoms with E-state index in [-0.39, 0.29) is 0 Å². The van der Waals surface area contributed by atoms with Crippen LogP contribution in [0, 0.1) is 6.92 Å². The Kier molecular flexibility index (Phi) is 5.25. The number of hydrogen-bond donors (Lipinski definition) is 1. The van der Waals surface area contributed by atoms with Gasteiger partial charge in [0.05, 0.1) is 30.1 Å². The molecule has 1 aromatic carbocycles. The minimum Gasteiger partial charge on any atom is -0.493 e. The summed E-state index contributed by atoms with van der Waals surface area (Å²) in [7, 11) is 5.23. The molecule has 5 nitrogen and oxygen atoms in total. The van der Waals surface area contributed by atoms with Crippen LogP contribution in [0.5, 0.6) is 11.5 Å². The quantitative estimate of drug-likeness (QED) is 0.867. The monoisotopic (exact) mass is 353 g/mol. The molecule has 0 bridgehead atoms. The van der Waals surface area contributed by atoms with E-state index in [1.165, 1.54) is 0 Å². The molecule has 114 valence electrons. The summed E-state index contributed by atoms with van der Waals surface area (Å²) >= 11 is 3.57. The third kappa shape index (κ3) is 3.57. The molecule has 0 fully saturated rings. The lowest BCUT2D eigenvalue weighted by Crippen LogP contribution is -2.15. The van der Waals surface area contributed by atoms with Gasteiger partial charge in [-0.3, -0.25) is 4.68 Å². The lowest BCUT2D eigenvalue weighted by atomic mass is 10.2. The summed E-state index contributed by atoms with van der Waals surface area (Å²) in [6.45, 7) is 3.48. The number of ether oxygens (including phenoxy) is 2. The predicted octanol–water partition coefficient (Wildman–Crippen LogP) is 2.80. The first-order valence-corrected chi connectivity index (χ1v) is 7.45. The Morgan fingerprint density at radius 2 is 1.90 bits per heavy atom. The standard InChI is InChI=1S/C15H20BrN3O2/c1-10-15(16)12(19(2)18-10)9-17-8-11-5-6-13(20-3)14(7-11)21-4/h5-7,17H,8-9H2,1-4H3. The number of aryl methyl sites for hydroxylation is 2. The number of nitrogens with zero attached hydrogens (tertiary/aromatic N) is 2. The van der Waals surface area contributed by atoms with Crippen LogP contribution in [-0.2, 0) is 20.1 Å². The molecule has 2 rings (SSSR count). The molecule has 0 amide bonds. The van der Waals surface area contributed by atoms with E-state index in [1.807, 2.05) is 36.9 Å². The summed E-state index contributed by atoms with van der Waals surface area (Å²) < 4.78 is 13.5. The topological polar surface area (TPSA) is 48.3 Å². The van der Waals surface area contributed by atoms with Crippen LogP contribution in [0.1, 0.15) is 17.0 Å². The molecule has 1 heterocycles. The third-order valence-corrected chi connectivity index (χ3v) is 4.36. The van der Waals surface area contributed by atoms with Crippen molar-refractivity contribution in [3.05, 3.63) is 39.6 Å². The lowest BCUT2D eigenvalue weighted by molar-refractivity contribution is 0.354. The second-order valence-electron chi connectivity index (χ2n) is 4.76. The van der Waals surface area contributed by atoms with E-state index in [1.54, 1.807) is 14.2 Å². The van der Waals surface area contributed by atoms with Crippen LogP contribution < -0.4 is 14.8 Å². The predicted molar refractivity (Wildman–Crippen MR) is 85.7 cm³/mol. The number of rotatable bonds is 6. The highest BCUT2D eigenvalue weighted by molar-refractivity contribution is 9.10. The van der Waals surface area contributed by atoms with E-state index in [0.717, 1.165) is 46.0 Å². The maximum Gasteiger partial charge on any atom is 0.161 e. The second kappa shape index (κ2) is 6.95. The minimum absolute atomic E-state index is 0.742. The zero-order chi connectivity index (χ0) is 15.4. The van der Waals surface area contributed by atoms with Crippen LogP contribution in [0.15, 0.2) is 22.7 Å². The number of hydrogen-bond acceptors (Lipinski definition) is 4. The molecule has 0 aliphatic rings. The first-order valence-electron chi connectivity index (χ1n) is 6.66. The Balaban J connectivity index is 2.00. The highest BCUT2D eigenvalue weighted by atomic mass is 79.9. The molecular weight excluding hydrogens is 334 g/mol. The van der Waals surface area contributed by atoms with E-state index in [0.29, 0.717) is 0 Å². The van der Waals surface area contributed by atoms with Crippen molar-refractivity contribution in [2.24, 2.45) is 7.05 Å². The van der Waals surface area contributed by atoms with Crippen LogP contribution in [0.4, 0.5) is 0 Å². The maximum absolute atomic E-state index is 5.31. The highest BCUT2D eigenvalue weighted by Crippen LogP contribution is 2.27. The van der Waals surface area contributed by atoms with Crippen LogP contribution in [0.25, 0.3) is 0 Å². The van der Waals surface area contributed by atoms with Crippen molar-refractivity contribution in [3.8, 4) is 11.5 Å². The summed E-state index contributed by atoms with van der Waals surface area (Å²) in [5, 5.41) is 7.79. The van der Waals surface area contributed by atoms with Crippen molar-refractivity contribution in [1.29, 1.82) is 0 Å². The van der Waals surface area contributed by atoms with Crippen molar-refractivity contribution in [3.63, 3.8) is 0 Å². The van der Waals surface area contributed by atoms with Gasteiger partial charge in [-0.05, 0) is 40.5 Å². The van der Waals surface area contributed by atoms with E-state index in [4.69, 9.17) is 9.47 Å². The molecule has 1 N–H and O–H groups in total. The van der Waals surface area contributed by atoms with Gasteiger partial charge in [0, 0.05) is 20.1 Å². The minimum atomic E-state index is 0.742. The molecule has 0 saturated heterocycles. The van der Waals surface area contributed by atoms with Gasteiger partial charge in [-0.15, -0.1) is 0 Å². The SMILES string of the molecule is COc1ccc(CNCc2c(Br)c(C)nn2C)cc1OC. The normalized spacial score (nSPS) is 10.7. The van der Waals surface area contributed by atoms with E-state index in [9.17, 15) is 0 Å². The Bertz CT molecular complexity index is 626. The number of benzene rings is 1. The van der Waals surface area contributed by atoms with Crippen molar-refractivity contribution in [2.45, 2.75) is 20.0 Å². The number of aromatic nitrogens is 2. The third-order valence-electron chi connectivity index (χ3n) is 3.33. The fourth-order valence-electron chi connectivity index (χ4n) is 2.19. The molecule has 0 unspecified atom stereocenters. The molecule has 0 atom stereocenters. The molecule has 0 aliphatic heterocycles. The van der Waals surface area contributed by atoms with Crippen LogP contribution in [0.2, 0.25) is 0 Å². The van der Waals surface area contributed by atoms with Gasteiger partial charge in [0.15, 0.2) is 11.5 Å². The van der Waals surface area contributed by atoms with Gasteiger partial charge >= 0.3 is 0 Å². The molecule has 0 radical (unpaired) electrons. The van der Waals surface area contributed by atoms with E-state index < -0.39 is 0 Å². The smallest absolute Gasteiger partial charge is 0.161 e. The number of halogens is 1. The number of nitrogens with one attached hydrogen (secondary N) is 1.